The van der Waals surface area contributed by atoms with E-state index < -0.39 is 0 Å². The Morgan fingerprint density at radius 2 is 2.00 bits per heavy atom. The SMILES string of the molecule is Cc1ncc2c(n1)CCC(NC(=O)c1ccc(CN3CCCC3)cc1)C2. The van der Waals surface area contributed by atoms with E-state index >= 15 is 0 Å². The Labute approximate surface area is 154 Å². The van der Waals surface area contributed by atoms with Crippen molar-refractivity contribution in [3.05, 3.63) is 58.7 Å². The van der Waals surface area contributed by atoms with E-state index in [1.807, 2.05) is 25.3 Å². The number of hydrogen-bond acceptors (Lipinski definition) is 4. The molecule has 1 fully saturated rings. The van der Waals surface area contributed by atoms with Crippen LogP contribution in [0.3, 0.4) is 0 Å². The smallest absolute Gasteiger partial charge is 0.251 e. The summed E-state index contributed by atoms with van der Waals surface area (Å²) in [4.78, 5) is 23.9. The molecule has 1 aromatic carbocycles. The highest BCUT2D eigenvalue weighted by Crippen LogP contribution is 2.20. The Kier molecular flexibility index (Phi) is 4.98. The number of rotatable bonds is 4. The summed E-state index contributed by atoms with van der Waals surface area (Å²) in [5, 5.41) is 3.18. The van der Waals surface area contributed by atoms with Crippen molar-refractivity contribution in [2.24, 2.45) is 0 Å². The number of benzene rings is 1. The Morgan fingerprint density at radius 1 is 1.23 bits per heavy atom. The van der Waals surface area contributed by atoms with Crippen LogP contribution < -0.4 is 5.32 Å². The van der Waals surface area contributed by atoms with E-state index in [1.54, 1.807) is 0 Å². The van der Waals surface area contributed by atoms with Crippen molar-refractivity contribution >= 4 is 5.91 Å². The Hall–Kier alpha value is -2.27. The van der Waals surface area contributed by atoms with Crippen molar-refractivity contribution < 1.29 is 4.79 Å². The van der Waals surface area contributed by atoms with Gasteiger partial charge in [0.15, 0.2) is 0 Å². The molecule has 0 bridgehead atoms. The molecule has 0 saturated carbocycles. The summed E-state index contributed by atoms with van der Waals surface area (Å²) in [5.74, 6) is 0.833. The summed E-state index contributed by atoms with van der Waals surface area (Å²) in [5.41, 5.74) is 4.31. The van der Waals surface area contributed by atoms with Crippen LogP contribution in [0, 0.1) is 6.92 Å². The molecule has 1 atom stereocenters. The molecule has 0 radical (unpaired) electrons. The molecular formula is C21H26N4O. The maximum atomic E-state index is 12.6. The van der Waals surface area contributed by atoms with E-state index in [4.69, 9.17) is 0 Å². The van der Waals surface area contributed by atoms with Gasteiger partial charge in [-0.05, 0) is 75.4 Å². The van der Waals surface area contributed by atoms with E-state index in [2.05, 4.69) is 32.3 Å². The molecule has 136 valence electrons. The lowest BCUT2D eigenvalue weighted by Crippen LogP contribution is -2.39. The second kappa shape index (κ2) is 7.54. The van der Waals surface area contributed by atoms with E-state index in [-0.39, 0.29) is 11.9 Å². The van der Waals surface area contributed by atoms with E-state index in [0.29, 0.717) is 0 Å². The van der Waals surface area contributed by atoms with Crippen LogP contribution in [0.5, 0.6) is 0 Å². The predicted octanol–water partition coefficient (Wildman–Crippen LogP) is 2.67. The highest BCUT2D eigenvalue weighted by molar-refractivity contribution is 5.94. The largest absolute Gasteiger partial charge is 0.349 e. The first-order chi connectivity index (χ1) is 12.7. The number of aryl methyl sites for hydroxylation is 2. The second-order valence-electron chi connectivity index (χ2n) is 7.48. The van der Waals surface area contributed by atoms with Crippen molar-refractivity contribution in [1.29, 1.82) is 0 Å². The first kappa shape index (κ1) is 17.2. The van der Waals surface area contributed by atoms with Crippen LogP contribution in [0.2, 0.25) is 0 Å². The topological polar surface area (TPSA) is 58.1 Å². The summed E-state index contributed by atoms with van der Waals surface area (Å²) in [6, 6.07) is 8.22. The molecule has 5 heteroatoms. The van der Waals surface area contributed by atoms with Crippen LogP contribution >= 0.6 is 0 Å². The summed E-state index contributed by atoms with van der Waals surface area (Å²) in [6.07, 6.45) is 7.16. The number of aromatic nitrogens is 2. The summed E-state index contributed by atoms with van der Waals surface area (Å²) in [6.45, 7) is 5.28. The number of nitrogens with zero attached hydrogens (tertiary/aromatic N) is 3. The standard InChI is InChI=1S/C21H26N4O/c1-15-22-13-18-12-19(8-9-20(18)23-15)24-21(26)17-6-4-16(5-7-17)14-25-10-2-3-11-25/h4-7,13,19H,2-3,8-12,14H2,1H3,(H,24,26). The molecule has 1 unspecified atom stereocenters. The molecule has 1 aliphatic heterocycles. The quantitative estimate of drug-likeness (QED) is 0.921. The second-order valence-corrected chi connectivity index (χ2v) is 7.48. The van der Waals surface area contributed by atoms with Crippen LogP contribution in [0.25, 0.3) is 0 Å². The highest BCUT2D eigenvalue weighted by atomic mass is 16.1. The van der Waals surface area contributed by atoms with Crippen molar-refractivity contribution in [1.82, 2.24) is 20.2 Å². The van der Waals surface area contributed by atoms with Crippen molar-refractivity contribution in [2.75, 3.05) is 13.1 Å². The van der Waals surface area contributed by atoms with Crippen molar-refractivity contribution in [3.63, 3.8) is 0 Å². The van der Waals surface area contributed by atoms with Crippen LogP contribution in [0.15, 0.2) is 30.5 Å². The third kappa shape index (κ3) is 3.93. The fraction of sp³-hybridized carbons (Fsp3) is 0.476. The molecule has 2 heterocycles. The Bertz CT molecular complexity index is 781. The fourth-order valence-corrected chi connectivity index (χ4v) is 3.96. The summed E-state index contributed by atoms with van der Waals surface area (Å²) in [7, 11) is 0. The van der Waals surface area contributed by atoms with Gasteiger partial charge in [-0.15, -0.1) is 0 Å². The minimum atomic E-state index is 0.0132. The van der Waals surface area contributed by atoms with Crippen molar-refractivity contribution in [2.45, 2.75) is 51.6 Å². The van der Waals surface area contributed by atoms with Gasteiger partial charge in [0.05, 0.1) is 0 Å². The van der Waals surface area contributed by atoms with E-state index in [0.717, 1.165) is 48.5 Å². The number of carbonyl (C=O) groups is 1. The zero-order valence-corrected chi connectivity index (χ0v) is 15.4. The monoisotopic (exact) mass is 350 g/mol. The average molecular weight is 350 g/mol. The van der Waals surface area contributed by atoms with Gasteiger partial charge in [-0.25, -0.2) is 9.97 Å². The van der Waals surface area contributed by atoms with Crippen LogP contribution in [-0.2, 0) is 19.4 Å². The maximum Gasteiger partial charge on any atom is 0.251 e. The molecule has 1 aromatic heterocycles. The van der Waals surface area contributed by atoms with Gasteiger partial charge in [0.1, 0.15) is 5.82 Å². The molecular weight excluding hydrogens is 324 g/mol. The zero-order valence-electron chi connectivity index (χ0n) is 15.4. The number of carbonyl (C=O) groups excluding carboxylic acids is 1. The molecule has 2 aromatic rings. The first-order valence-electron chi connectivity index (χ1n) is 9.61. The van der Waals surface area contributed by atoms with Gasteiger partial charge < -0.3 is 5.32 Å². The lowest BCUT2D eigenvalue weighted by molar-refractivity contribution is 0.0933. The number of nitrogens with one attached hydrogen (secondary N) is 1. The summed E-state index contributed by atoms with van der Waals surface area (Å²) < 4.78 is 0. The third-order valence-corrected chi connectivity index (χ3v) is 5.43. The number of likely N-dealkylation sites (tertiary alicyclic amines) is 1. The Morgan fingerprint density at radius 3 is 2.77 bits per heavy atom. The molecule has 1 amide bonds. The molecule has 2 aliphatic rings. The van der Waals surface area contributed by atoms with Crippen LogP contribution in [0.4, 0.5) is 0 Å². The van der Waals surface area contributed by atoms with Gasteiger partial charge in [0.2, 0.25) is 0 Å². The minimum absolute atomic E-state index is 0.0132. The Balaban J connectivity index is 1.35. The van der Waals surface area contributed by atoms with Gasteiger partial charge in [-0.3, -0.25) is 9.69 Å². The molecule has 1 saturated heterocycles. The zero-order chi connectivity index (χ0) is 17.9. The predicted molar refractivity (Wildman–Crippen MR) is 101 cm³/mol. The van der Waals surface area contributed by atoms with Crippen LogP contribution in [-0.4, -0.2) is 39.9 Å². The normalized spacial score (nSPS) is 20.0. The average Bonchev–Trinajstić information content (AvgIpc) is 3.15. The number of amides is 1. The molecule has 1 aliphatic carbocycles. The van der Waals surface area contributed by atoms with Crippen LogP contribution in [0.1, 0.15) is 52.3 Å². The number of hydrogen-bond donors (Lipinski definition) is 1. The lowest BCUT2D eigenvalue weighted by atomic mass is 9.92. The first-order valence-corrected chi connectivity index (χ1v) is 9.61. The van der Waals surface area contributed by atoms with Gasteiger partial charge in [0, 0.05) is 30.0 Å². The summed E-state index contributed by atoms with van der Waals surface area (Å²) >= 11 is 0. The minimum Gasteiger partial charge on any atom is -0.349 e. The van der Waals surface area contributed by atoms with E-state index in [1.165, 1.54) is 31.5 Å². The molecule has 5 nitrogen and oxygen atoms in total. The third-order valence-electron chi connectivity index (χ3n) is 5.43. The van der Waals surface area contributed by atoms with E-state index in [9.17, 15) is 4.79 Å². The van der Waals surface area contributed by atoms with Gasteiger partial charge in [-0.2, -0.15) is 0 Å². The fourth-order valence-electron chi connectivity index (χ4n) is 3.96. The molecule has 1 N–H and O–H groups in total. The number of fused-ring (bicyclic) bond motifs is 1. The van der Waals surface area contributed by atoms with Gasteiger partial charge in [-0.1, -0.05) is 12.1 Å². The maximum absolute atomic E-state index is 12.6. The molecule has 4 rings (SSSR count). The molecule has 0 spiro atoms. The van der Waals surface area contributed by atoms with Gasteiger partial charge in [0.25, 0.3) is 5.91 Å². The lowest BCUT2D eigenvalue weighted by Gasteiger charge is -2.24. The highest BCUT2D eigenvalue weighted by Gasteiger charge is 2.22. The van der Waals surface area contributed by atoms with Crippen molar-refractivity contribution in [3.8, 4) is 0 Å². The van der Waals surface area contributed by atoms with Gasteiger partial charge >= 0.3 is 0 Å². The molecule has 26 heavy (non-hydrogen) atoms.